The molecule has 4 rings (SSSR count). The second kappa shape index (κ2) is 7.99. The average Bonchev–Trinajstić information content (AvgIpc) is 3.07. The van der Waals surface area contributed by atoms with Gasteiger partial charge in [0.2, 0.25) is 5.91 Å². The second-order valence-corrected chi connectivity index (χ2v) is 7.87. The number of aryl methyl sites for hydroxylation is 1. The van der Waals surface area contributed by atoms with Gasteiger partial charge >= 0.3 is 0 Å². The standard InChI is InChI=1S/C24H27FN2O2/c1-3-22-19(18-8-4-7-11-23(18)29-22)16-27-14-12-24(13-15-27,26-17(2)28)20-9-5-6-10-21(20)25/h4-11H,3,12-16H2,1-2H3,(H,26,28). The van der Waals surface area contributed by atoms with Crippen LogP contribution in [-0.2, 0) is 23.3 Å². The van der Waals surface area contributed by atoms with E-state index in [-0.39, 0.29) is 11.7 Å². The number of fused-ring (bicyclic) bond motifs is 1. The first-order valence-corrected chi connectivity index (χ1v) is 10.3. The van der Waals surface area contributed by atoms with Crippen LogP contribution in [0.15, 0.2) is 52.9 Å². The minimum Gasteiger partial charge on any atom is -0.461 e. The highest BCUT2D eigenvalue weighted by Gasteiger charge is 2.39. The Labute approximate surface area is 170 Å². The summed E-state index contributed by atoms with van der Waals surface area (Å²) < 4.78 is 20.6. The monoisotopic (exact) mass is 394 g/mol. The lowest BCUT2D eigenvalue weighted by molar-refractivity contribution is -0.121. The van der Waals surface area contributed by atoms with E-state index in [1.165, 1.54) is 18.6 Å². The number of nitrogens with one attached hydrogen (secondary N) is 1. The Balaban J connectivity index is 1.57. The van der Waals surface area contributed by atoms with Crippen molar-refractivity contribution in [1.82, 2.24) is 10.2 Å². The third-order valence-electron chi connectivity index (χ3n) is 6.00. The fraction of sp³-hybridized carbons (Fsp3) is 0.375. The molecule has 152 valence electrons. The van der Waals surface area contributed by atoms with E-state index in [1.807, 2.05) is 24.3 Å². The zero-order chi connectivity index (χ0) is 20.4. The van der Waals surface area contributed by atoms with Gasteiger partial charge in [0.15, 0.2) is 0 Å². The van der Waals surface area contributed by atoms with E-state index < -0.39 is 5.54 Å². The summed E-state index contributed by atoms with van der Waals surface area (Å²) in [5.41, 5.74) is 2.09. The Morgan fingerprint density at radius 2 is 1.83 bits per heavy atom. The van der Waals surface area contributed by atoms with Crippen LogP contribution in [0.1, 0.15) is 43.6 Å². The number of amides is 1. The van der Waals surface area contributed by atoms with Gasteiger partial charge < -0.3 is 9.73 Å². The van der Waals surface area contributed by atoms with Crippen LogP contribution in [0.4, 0.5) is 4.39 Å². The van der Waals surface area contributed by atoms with Gasteiger partial charge in [0.1, 0.15) is 17.2 Å². The SMILES string of the molecule is CCc1oc2ccccc2c1CN1CCC(NC(C)=O)(c2ccccc2F)CC1. The number of furan rings is 1. The molecule has 0 radical (unpaired) electrons. The van der Waals surface area contributed by atoms with Crippen molar-refractivity contribution in [3.63, 3.8) is 0 Å². The number of nitrogens with zero attached hydrogens (tertiary/aromatic N) is 1. The maximum atomic E-state index is 14.6. The first-order chi connectivity index (χ1) is 14.0. The van der Waals surface area contributed by atoms with E-state index in [0.29, 0.717) is 18.4 Å². The van der Waals surface area contributed by atoms with E-state index in [1.54, 1.807) is 12.1 Å². The lowest BCUT2D eigenvalue weighted by atomic mass is 9.80. The first kappa shape index (κ1) is 19.6. The largest absolute Gasteiger partial charge is 0.461 e. The van der Waals surface area contributed by atoms with Gasteiger partial charge in [0, 0.05) is 49.5 Å². The molecule has 2 aromatic carbocycles. The van der Waals surface area contributed by atoms with E-state index >= 15 is 0 Å². The van der Waals surface area contributed by atoms with E-state index in [2.05, 4.69) is 23.2 Å². The zero-order valence-electron chi connectivity index (χ0n) is 17.0. The molecule has 29 heavy (non-hydrogen) atoms. The molecule has 1 N–H and O–H groups in total. The van der Waals surface area contributed by atoms with Gasteiger partial charge in [-0.1, -0.05) is 43.3 Å². The molecule has 0 unspecified atom stereocenters. The summed E-state index contributed by atoms with van der Waals surface area (Å²) in [7, 11) is 0. The van der Waals surface area contributed by atoms with Crippen molar-refractivity contribution in [1.29, 1.82) is 0 Å². The van der Waals surface area contributed by atoms with Crippen molar-refractivity contribution >= 4 is 16.9 Å². The predicted octanol–water partition coefficient (Wildman–Crippen LogP) is 4.76. The molecule has 0 bridgehead atoms. The average molecular weight is 394 g/mol. The summed E-state index contributed by atoms with van der Waals surface area (Å²) >= 11 is 0. The number of likely N-dealkylation sites (tertiary alicyclic amines) is 1. The summed E-state index contributed by atoms with van der Waals surface area (Å²) in [5.74, 6) is 0.638. The molecular formula is C24H27FN2O2. The summed E-state index contributed by atoms with van der Waals surface area (Å²) in [6.07, 6.45) is 2.19. The minimum absolute atomic E-state index is 0.129. The molecule has 0 spiro atoms. The number of hydrogen-bond donors (Lipinski definition) is 1. The molecule has 5 heteroatoms. The first-order valence-electron chi connectivity index (χ1n) is 10.3. The highest BCUT2D eigenvalue weighted by molar-refractivity contribution is 5.82. The molecule has 1 aromatic heterocycles. The number of carbonyl (C=O) groups excluding carboxylic acids is 1. The van der Waals surface area contributed by atoms with Crippen LogP contribution in [-0.4, -0.2) is 23.9 Å². The van der Waals surface area contributed by atoms with Crippen LogP contribution < -0.4 is 5.32 Å². The fourth-order valence-corrected chi connectivity index (χ4v) is 4.57. The molecular weight excluding hydrogens is 367 g/mol. The van der Waals surface area contributed by atoms with Gasteiger partial charge in [0.25, 0.3) is 0 Å². The van der Waals surface area contributed by atoms with E-state index in [0.717, 1.165) is 42.8 Å². The van der Waals surface area contributed by atoms with Gasteiger partial charge in [0.05, 0.1) is 5.54 Å². The van der Waals surface area contributed by atoms with Gasteiger partial charge in [-0.2, -0.15) is 0 Å². The normalized spacial score (nSPS) is 16.8. The quantitative estimate of drug-likeness (QED) is 0.679. The number of rotatable bonds is 5. The van der Waals surface area contributed by atoms with Crippen LogP contribution in [0.25, 0.3) is 11.0 Å². The third kappa shape index (κ3) is 3.79. The minimum atomic E-state index is -0.653. The van der Waals surface area contributed by atoms with Gasteiger partial charge in [-0.25, -0.2) is 4.39 Å². The molecule has 0 saturated carbocycles. The van der Waals surface area contributed by atoms with Gasteiger partial charge in [-0.05, 0) is 25.0 Å². The van der Waals surface area contributed by atoms with Crippen LogP contribution >= 0.6 is 0 Å². The van der Waals surface area contributed by atoms with Crippen LogP contribution in [0.5, 0.6) is 0 Å². The Kier molecular flexibility index (Phi) is 5.41. The van der Waals surface area contributed by atoms with Crippen LogP contribution in [0.3, 0.4) is 0 Å². The summed E-state index contributed by atoms with van der Waals surface area (Å²) in [6, 6.07) is 14.9. The smallest absolute Gasteiger partial charge is 0.217 e. The maximum absolute atomic E-state index is 14.6. The Morgan fingerprint density at radius 3 is 2.52 bits per heavy atom. The van der Waals surface area contributed by atoms with Gasteiger partial charge in [-0.3, -0.25) is 9.69 Å². The molecule has 3 aromatic rings. The summed E-state index contributed by atoms with van der Waals surface area (Å²) in [6.45, 7) is 5.96. The van der Waals surface area contributed by atoms with E-state index in [9.17, 15) is 9.18 Å². The number of carbonyl (C=O) groups is 1. The molecule has 2 heterocycles. The maximum Gasteiger partial charge on any atom is 0.217 e. The van der Waals surface area contributed by atoms with E-state index in [4.69, 9.17) is 4.42 Å². The molecule has 0 aliphatic carbocycles. The summed E-state index contributed by atoms with van der Waals surface area (Å²) in [5, 5.41) is 4.22. The highest BCUT2D eigenvalue weighted by atomic mass is 19.1. The van der Waals surface area contributed by atoms with Crippen molar-refractivity contribution in [3.05, 3.63) is 71.2 Å². The second-order valence-electron chi connectivity index (χ2n) is 7.87. The molecule has 4 nitrogen and oxygen atoms in total. The highest BCUT2D eigenvalue weighted by Crippen LogP contribution is 2.36. The predicted molar refractivity (Wildman–Crippen MR) is 112 cm³/mol. The van der Waals surface area contributed by atoms with Gasteiger partial charge in [-0.15, -0.1) is 0 Å². The third-order valence-corrected chi connectivity index (χ3v) is 6.00. The van der Waals surface area contributed by atoms with Crippen molar-refractivity contribution in [2.75, 3.05) is 13.1 Å². The van der Waals surface area contributed by atoms with Crippen molar-refractivity contribution in [2.24, 2.45) is 0 Å². The Bertz CT molecular complexity index is 1020. The van der Waals surface area contributed by atoms with Crippen molar-refractivity contribution in [2.45, 2.75) is 45.2 Å². The topological polar surface area (TPSA) is 45.5 Å². The Hall–Kier alpha value is -2.66. The fourth-order valence-electron chi connectivity index (χ4n) is 4.57. The number of para-hydroxylation sites is 1. The number of piperidine rings is 1. The lowest BCUT2D eigenvalue weighted by Gasteiger charge is -2.42. The van der Waals surface area contributed by atoms with Crippen molar-refractivity contribution < 1.29 is 13.6 Å². The number of halogens is 1. The van der Waals surface area contributed by atoms with Crippen LogP contribution in [0.2, 0.25) is 0 Å². The zero-order valence-corrected chi connectivity index (χ0v) is 17.0. The molecule has 1 amide bonds. The van der Waals surface area contributed by atoms with Crippen molar-refractivity contribution in [3.8, 4) is 0 Å². The molecule has 1 saturated heterocycles. The molecule has 1 aliphatic heterocycles. The van der Waals surface area contributed by atoms with Crippen LogP contribution in [0, 0.1) is 5.82 Å². The molecule has 1 aliphatic rings. The lowest BCUT2D eigenvalue weighted by Crippen LogP contribution is -2.52. The number of hydrogen-bond acceptors (Lipinski definition) is 3. The summed E-state index contributed by atoms with van der Waals surface area (Å²) in [4.78, 5) is 14.3. The molecule has 0 atom stereocenters. The molecule has 1 fully saturated rings. The number of benzene rings is 2. The Morgan fingerprint density at radius 1 is 1.14 bits per heavy atom.